The van der Waals surface area contributed by atoms with E-state index in [1.165, 1.54) is 22.3 Å². The van der Waals surface area contributed by atoms with Crippen LogP contribution in [0.5, 0.6) is 11.5 Å². The smallest absolute Gasteiger partial charge is 0.258 e. The predicted octanol–water partition coefficient (Wildman–Crippen LogP) is 8.84. The van der Waals surface area contributed by atoms with Gasteiger partial charge >= 0.3 is 0 Å². The van der Waals surface area contributed by atoms with Gasteiger partial charge in [0, 0.05) is 74.2 Å². The third kappa shape index (κ3) is 15.1. The Hall–Kier alpha value is -6.61. The van der Waals surface area contributed by atoms with Gasteiger partial charge in [0.1, 0.15) is 42.1 Å². The van der Waals surface area contributed by atoms with Crippen LogP contribution in [0.4, 0.5) is 14.5 Å². The van der Waals surface area contributed by atoms with Gasteiger partial charge in [0.05, 0.1) is 60.6 Å². The first-order valence-corrected chi connectivity index (χ1v) is 29.7. The van der Waals surface area contributed by atoms with Crippen molar-refractivity contribution >= 4 is 57.5 Å². The summed E-state index contributed by atoms with van der Waals surface area (Å²) in [6.45, 7) is 11.5. The summed E-state index contributed by atoms with van der Waals surface area (Å²) in [5.74, 6) is -0.514. The van der Waals surface area contributed by atoms with Crippen LogP contribution in [0.2, 0.25) is 0 Å². The zero-order valence-electron chi connectivity index (χ0n) is 47.6. The molecule has 4 fully saturated rings. The highest BCUT2D eigenvalue weighted by Crippen LogP contribution is 2.42. The molecule has 4 atom stereocenters. The highest BCUT2D eigenvalue weighted by atomic mass is 32.1. The molecule has 20 heteroatoms. The van der Waals surface area contributed by atoms with Crippen LogP contribution < -0.4 is 25.4 Å². The van der Waals surface area contributed by atoms with Crippen molar-refractivity contribution in [2.45, 2.75) is 141 Å². The molecular weight excluding hydrogens is 1070 g/mol. The average molecular weight is 1150 g/mol. The first kappa shape index (κ1) is 60.0. The largest absolute Gasteiger partial charge is 0.491 e. The molecule has 4 N–H and O–H groups in total. The van der Waals surface area contributed by atoms with E-state index in [4.69, 9.17) is 18.9 Å². The number of benzene rings is 3. The molecule has 4 heterocycles. The molecular formula is C62H77F2N7O10S. The number of pyridine rings is 1. The van der Waals surface area contributed by atoms with Crippen molar-refractivity contribution in [3.8, 4) is 21.9 Å². The summed E-state index contributed by atoms with van der Waals surface area (Å²) in [5, 5.41) is 20.1. The van der Waals surface area contributed by atoms with Crippen LogP contribution in [0, 0.1) is 30.0 Å². The number of anilines is 1. The lowest BCUT2D eigenvalue weighted by molar-refractivity contribution is -0.145. The topological polar surface area (TPSA) is 211 Å². The van der Waals surface area contributed by atoms with E-state index >= 15 is 0 Å². The highest BCUT2D eigenvalue weighted by Gasteiger charge is 2.53. The van der Waals surface area contributed by atoms with Crippen LogP contribution in [0.25, 0.3) is 21.3 Å². The van der Waals surface area contributed by atoms with Crippen LogP contribution in [-0.2, 0) is 40.0 Å². The minimum absolute atomic E-state index is 0.00216. The van der Waals surface area contributed by atoms with Crippen molar-refractivity contribution in [1.29, 1.82) is 0 Å². The first-order chi connectivity index (χ1) is 39.3. The number of halogens is 2. The molecule has 0 spiro atoms. The molecule has 4 aliphatic rings. The summed E-state index contributed by atoms with van der Waals surface area (Å²) >= 11 is 1.50. The van der Waals surface area contributed by atoms with Crippen LogP contribution in [0.3, 0.4) is 0 Å². The van der Waals surface area contributed by atoms with E-state index in [1.54, 1.807) is 44.6 Å². The third-order valence-electron chi connectivity index (χ3n) is 16.5. The summed E-state index contributed by atoms with van der Waals surface area (Å²) in [6.07, 6.45) is 6.33. The molecule has 2 saturated carbocycles. The Kier molecular flexibility index (Phi) is 19.6. The van der Waals surface area contributed by atoms with Gasteiger partial charge < -0.3 is 49.8 Å². The number of aromatic nitrogens is 2. The number of rotatable bonds is 23. The van der Waals surface area contributed by atoms with E-state index in [1.807, 2.05) is 67.3 Å². The Bertz CT molecular complexity index is 3040. The molecule has 2 aromatic heterocycles. The van der Waals surface area contributed by atoms with Crippen LogP contribution in [0.1, 0.15) is 115 Å². The van der Waals surface area contributed by atoms with E-state index in [0.717, 1.165) is 58.3 Å². The number of thiazole rings is 1. The number of hydrogen-bond donors (Lipinski definition) is 4. The van der Waals surface area contributed by atoms with Gasteiger partial charge in [0.2, 0.25) is 23.6 Å². The minimum Gasteiger partial charge on any atom is -0.491 e. The Labute approximate surface area is 482 Å². The Morgan fingerprint density at radius 2 is 1.60 bits per heavy atom. The lowest BCUT2D eigenvalue weighted by atomic mass is 9.73. The van der Waals surface area contributed by atoms with Gasteiger partial charge in [-0.25, -0.2) is 13.8 Å². The number of hydrogen-bond acceptors (Lipinski definition) is 13. The van der Waals surface area contributed by atoms with Gasteiger partial charge in [-0.1, -0.05) is 39.8 Å². The second kappa shape index (κ2) is 26.7. The number of carbonyl (C=O) groups is 5. The number of nitrogens with one attached hydrogen (secondary N) is 3. The summed E-state index contributed by atoms with van der Waals surface area (Å²) in [7, 11) is 0. The number of amides is 5. The molecule has 3 aromatic carbocycles. The number of alkyl halides is 1. The van der Waals surface area contributed by atoms with Crippen molar-refractivity contribution in [3.63, 3.8) is 0 Å². The number of nitrogens with zero attached hydrogens (tertiary/aromatic N) is 4. The third-order valence-corrected chi connectivity index (χ3v) is 17.5. The molecule has 2 saturated heterocycles. The number of aliphatic hydroxyl groups excluding tert-OH is 1. The van der Waals surface area contributed by atoms with Crippen LogP contribution in [0.15, 0.2) is 78.4 Å². The van der Waals surface area contributed by atoms with E-state index in [0.29, 0.717) is 54.6 Å². The number of β-amino-alcohol motifs (C(OH)–C–C–N with tert-alkyl or cyclic N) is 1. The number of carbonyl (C=O) groups excluding carboxylic acids is 5. The number of aryl methyl sites for hydroxylation is 1. The maximum absolute atomic E-state index is 14.7. The van der Waals surface area contributed by atoms with Gasteiger partial charge in [-0.05, 0) is 128 Å². The number of aliphatic hydroxyl groups is 1. The SMILES string of the molecule is Cc1ncsc1-c1ccc(CNC(=O)[C@@H]2C[C@@H](O)CN2C(=O)[C@@H](NC(=O)C2(F)CC2)C(C)(C)C)c(OCCOCCOCCC(=O)N2CCC(Oc3ccc(NC(=O)[C@H](C)C4CCC(c5ccnc6ccc(F)cc56)CC4)cc3)CC2)c1. The normalized spacial score (nSPS) is 20.7. The lowest BCUT2D eigenvalue weighted by Crippen LogP contribution is -2.59. The first-order valence-electron chi connectivity index (χ1n) is 28.8. The Morgan fingerprint density at radius 3 is 2.29 bits per heavy atom. The molecule has 2 aliphatic heterocycles. The molecule has 17 nitrogen and oxygen atoms in total. The van der Waals surface area contributed by atoms with E-state index < -0.39 is 47.0 Å². The second-order valence-corrected chi connectivity index (χ2v) is 24.3. The fourth-order valence-corrected chi connectivity index (χ4v) is 12.2. The number of ether oxygens (including phenoxy) is 4. The quantitative estimate of drug-likeness (QED) is 0.0452. The van der Waals surface area contributed by atoms with Gasteiger partial charge in [-0.3, -0.25) is 29.0 Å². The fraction of sp³-hybridized carbons (Fsp3) is 0.532. The number of fused-ring (bicyclic) bond motifs is 1. The van der Waals surface area contributed by atoms with Gasteiger partial charge in [0.25, 0.3) is 5.91 Å². The van der Waals surface area contributed by atoms with Gasteiger partial charge in [-0.2, -0.15) is 0 Å². The predicted molar refractivity (Wildman–Crippen MR) is 307 cm³/mol. The van der Waals surface area contributed by atoms with Crippen LogP contribution >= 0.6 is 11.3 Å². The molecule has 0 unspecified atom stereocenters. The minimum atomic E-state index is -1.99. The molecule has 5 amide bonds. The molecule has 0 radical (unpaired) electrons. The standard InChI is InChI=1S/C62H77F2N7O10S/c1-38(40-6-8-41(9-7-40)49-18-24-65-51-17-12-44(63)33-50(49)51)57(74)68-45-13-15-47(16-14-45)81-48-19-25-70(26-20-48)54(73)21-27-78-28-29-79-30-31-80-53-32-42(55-39(2)67-37-82-55)10-11-43(53)35-66-58(75)52-34-46(72)36-71(52)59(76)56(61(3,4)5)69-60(77)62(64)22-23-62/h10-18,24,32-33,37-38,40-41,46,48,52,56,72H,6-9,19-23,25-31,34-36H2,1-5H3,(H,66,75)(H,68,74)(H,69,77)/t38-,40?,41?,46-,52+,56-/m1/s1. The van der Waals surface area contributed by atoms with Crippen molar-refractivity contribution in [1.82, 2.24) is 30.4 Å². The molecule has 440 valence electrons. The summed E-state index contributed by atoms with van der Waals surface area (Å²) < 4.78 is 52.8. The highest BCUT2D eigenvalue weighted by molar-refractivity contribution is 7.13. The van der Waals surface area contributed by atoms with E-state index in [2.05, 4.69) is 25.9 Å². The monoisotopic (exact) mass is 1150 g/mol. The maximum atomic E-state index is 14.7. The van der Waals surface area contributed by atoms with Crippen molar-refractivity contribution in [2.24, 2.45) is 17.3 Å². The zero-order chi connectivity index (χ0) is 58.1. The summed E-state index contributed by atoms with van der Waals surface area (Å²) in [5.41, 5.74) is 4.04. The molecule has 0 bridgehead atoms. The van der Waals surface area contributed by atoms with E-state index in [9.17, 15) is 37.9 Å². The zero-order valence-corrected chi connectivity index (χ0v) is 48.4. The lowest BCUT2D eigenvalue weighted by Gasteiger charge is -2.35. The van der Waals surface area contributed by atoms with Gasteiger partial charge in [0.15, 0.2) is 5.67 Å². The molecule has 2 aliphatic carbocycles. The Balaban J connectivity index is 0.653. The molecule has 82 heavy (non-hydrogen) atoms. The fourth-order valence-electron chi connectivity index (χ4n) is 11.4. The summed E-state index contributed by atoms with van der Waals surface area (Å²) in [6, 6.07) is 17.7. The van der Waals surface area contributed by atoms with Crippen LogP contribution in [-0.4, -0.2) is 137 Å². The number of likely N-dealkylation sites (tertiary alicyclic amines) is 2. The Morgan fingerprint density at radius 1 is 0.878 bits per heavy atom. The van der Waals surface area contributed by atoms with Crippen molar-refractivity contribution in [2.75, 3.05) is 58.0 Å². The van der Waals surface area contributed by atoms with Crippen molar-refractivity contribution in [3.05, 3.63) is 101 Å². The van der Waals surface area contributed by atoms with Gasteiger partial charge in [-0.15, -0.1) is 11.3 Å². The molecule has 5 aromatic rings. The van der Waals surface area contributed by atoms with Crippen molar-refractivity contribution < 1.29 is 56.8 Å². The summed E-state index contributed by atoms with van der Waals surface area (Å²) in [4.78, 5) is 79.8. The molecule has 9 rings (SSSR count). The second-order valence-electron chi connectivity index (χ2n) is 23.4. The maximum Gasteiger partial charge on any atom is 0.258 e. The number of piperidine rings is 1. The van der Waals surface area contributed by atoms with E-state index in [-0.39, 0.29) is 107 Å². The average Bonchev–Trinajstić information content (AvgIpc) is 4.10.